The predicted molar refractivity (Wildman–Crippen MR) is 93.3 cm³/mol. The third kappa shape index (κ3) is 3.91. The Labute approximate surface area is 164 Å². The summed E-state index contributed by atoms with van der Waals surface area (Å²) in [6.45, 7) is 0. The van der Waals surface area contributed by atoms with Crippen molar-refractivity contribution in [2.45, 2.75) is 12.5 Å². The highest BCUT2D eigenvalue weighted by Crippen LogP contribution is 2.37. The Bertz CT molecular complexity index is 1200. The van der Waals surface area contributed by atoms with Crippen LogP contribution in [0.5, 0.6) is 5.75 Å². The number of rotatable bonds is 3. The molecule has 1 aromatic carbocycles. The van der Waals surface area contributed by atoms with Crippen LogP contribution in [0.3, 0.4) is 0 Å². The molecule has 4 aromatic rings. The van der Waals surface area contributed by atoms with Crippen molar-refractivity contribution in [3.63, 3.8) is 0 Å². The van der Waals surface area contributed by atoms with Crippen molar-refractivity contribution < 1.29 is 31.1 Å². The molecule has 5 nitrogen and oxygen atoms in total. The number of hydrogen-bond donors (Lipinski definition) is 0. The molecule has 0 atom stereocenters. The Morgan fingerprint density at radius 2 is 1.63 bits per heavy atom. The van der Waals surface area contributed by atoms with E-state index in [0.717, 1.165) is 16.5 Å². The fraction of sp³-hybridized carbons (Fsp3) is 0.105. The summed E-state index contributed by atoms with van der Waals surface area (Å²) in [5.74, 6) is -1.68. The molecular formula is C19H10F6N4O. The molecule has 0 fully saturated rings. The molecule has 0 radical (unpaired) electrons. The maximum absolute atomic E-state index is 13.2. The first-order valence-corrected chi connectivity index (χ1v) is 8.34. The van der Waals surface area contributed by atoms with Gasteiger partial charge in [0.25, 0.3) is 0 Å². The van der Waals surface area contributed by atoms with Crippen LogP contribution in [0.1, 0.15) is 5.82 Å². The molecule has 0 saturated carbocycles. The van der Waals surface area contributed by atoms with Gasteiger partial charge < -0.3 is 4.74 Å². The fourth-order valence-corrected chi connectivity index (χ4v) is 2.98. The lowest BCUT2D eigenvalue weighted by atomic mass is 9.96. The lowest BCUT2D eigenvalue weighted by Gasteiger charge is -2.15. The monoisotopic (exact) mass is 424 g/mol. The predicted octanol–water partition coefficient (Wildman–Crippen LogP) is 5.38. The normalized spacial score (nSPS) is 12.3. The van der Waals surface area contributed by atoms with Gasteiger partial charge in [-0.3, -0.25) is 9.38 Å². The summed E-state index contributed by atoms with van der Waals surface area (Å²) in [6, 6.07) is 9.62. The van der Waals surface area contributed by atoms with Gasteiger partial charge in [-0.25, -0.2) is 0 Å². The Hall–Kier alpha value is -3.63. The average molecular weight is 424 g/mol. The first-order valence-electron chi connectivity index (χ1n) is 8.34. The molecule has 30 heavy (non-hydrogen) atoms. The second-order valence-corrected chi connectivity index (χ2v) is 6.16. The van der Waals surface area contributed by atoms with Crippen molar-refractivity contribution in [1.82, 2.24) is 19.6 Å². The van der Waals surface area contributed by atoms with Crippen molar-refractivity contribution in [2.75, 3.05) is 0 Å². The average Bonchev–Trinajstić information content (AvgIpc) is 3.11. The summed E-state index contributed by atoms with van der Waals surface area (Å²) >= 11 is 0. The summed E-state index contributed by atoms with van der Waals surface area (Å²) in [6.07, 6.45) is -5.53. The van der Waals surface area contributed by atoms with Crippen LogP contribution in [0.25, 0.3) is 27.9 Å². The molecular weight excluding hydrogens is 414 g/mol. The van der Waals surface area contributed by atoms with E-state index in [1.807, 2.05) is 0 Å². The van der Waals surface area contributed by atoms with Crippen LogP contribution in [0, 0.1) is 0 Å². The van der Waals surface area contributed by atoms with Gasteiger partial charge in [-0.05, 0) is 47.0 Å². The molecule has 0 aliphatic rings. The zero-order valence-electron chi connectivity index (χ0n) is 14.7. The minimum absolute atomic E-state index is 0.0222. The number of aromatic nitrogens is 4. The van der Waals surface area contributed by atoms with Crippen molar-refractivity contribution in [3.05, 3.63) is 66.9 Å². The fourth-order valence-electron chi connectivity index (χ4n) is 2.98. The quantitative estimate of drug-likeness (QED) is 0.415. The van der Waals surface area contributed by atoms with Crippen LogP contribution in [0.4, 0.5) is 26.3 Å². The van der Waals surface area contributed by atoms with E-state index in [0.29, 0.717) is 22.3 Å². The van der Waals surface area contributed by atoms with Crippen LogP contribution >= 0.6 is 0 Å². The molecule has 0 bridgehead atoms. The number of benzene rings is 1. The molecule has 0 amide bonds. The second-order valence-electron chi connectivity index (χ2n) is 6.16. The third-order valence-corrected chi connectivity index (χ3v) is 4.16. The highest BCUT2D eigenvalue weighted by molar-refractivity contribution is 5.84. The van der Waals surface area contributed by atoms with E-state index in [9.17, 15) is 26.3 Å². The van der Waals surface area contributed by atoms with E-state index in [1.165, 1.54) is 36.8 Å². The van der Waals surface area contributed by atoms with E-state index in [2.05, 4.69) is 19.9 Å². The van der Waals surface area contributed by atoms with Gasteiger partial charge in [-0.2, -0.15) is 13.2 Å². The van der Waals surface area contributed by atoms with Gasteiger partial charge in [0.2, 0.25) is 5.82 Å². The van der Waals surface area contributed by atoms with Crippen LogP contribution in [-0.4, -0.2) is 25.9 Å². The van der Waals surface area contributed by atoms with Gasteiger partial charge in [-0.15, -0.1) is 23.4 Å². The standard InChI is InChI=1S/C19H10F6N4O/c20-18(21,22)17-28-27-16-6-3-12(10-29(16)17)14-5-4-13(30-19(23,24)25)8-15(14)11-2-1-7-26-9-11/h1-10H. The van der Waals surface area contributed by atoms with Gasteiger partial charge >= 0.3 is 12.5 Å². The lowest BCUT2D eigenvalue weighted by Crippen LogP contribution is -2.17. The molecule has 3 heterocycles. The number of halogens is 6. The van der Waals surface area contributed by atoms with E-state index >= 15 is 0 Å². The van der Waals surface area contributed by atoms with Gasteiger partial charge in [-0.1, -0.05) is 12.1 Å². The van der Waals surface area contributed by atoms with Crippen molar-refractivity contribution in [1.29, 1.82) is 0 Å². The van der Waals surface area contributed by atoms with Crippen molar-refractivity contribution in [3.8, 4) is 28.0 Å². The molecule has 0 spiro atoms. The number of alkyl halides is 6. The Morgan fingerprint density at radius 1 is 0.833 bits per heavy atom. The van der Waals surface area contributed by atoms with E-state index in [1.54, 1.807) is 12.1 Å². The number of nitrogens with zero attached hydrogens (tertiary/aromatic N) is 4. The molecule has 11 heteroatoms. The molecule has 4 rings (SSSR count). The topological polar surface area (TPSA) is 52.3 Å². The highest BCUT2D eigenvalue weighted by atomic mass is 19.4. The van der Waals surface area contributed by atoms with Crippen LogP contribution in [-0.2, 0) is 6.18 Å². The maximum atomic E-state index is 13.2. The molecule has 0 aliphatic carbocycles. The Balaban J connectivity index is 1.90. The zero-order valence-corrected chi connectivity index (χ0v) is 14.7. The van der Waals surface area contributed by atoms with E-state index in [-0.39, 0.29) is 5.65 Å². The van der Waals surface area contributed by atoms with Gasteiger partial charge in [0.15, 0.2) is 5.65 Å². The van der Waals surface area contributed by atoms with Crippen LogP contribution in [0.2, 0.25) is 0 Å². The summed E-state index contributed by atoms with van der Waals surface area (Å²) < 4.78 is 82.2. The summed E-state index contributed by atoms with van der Waals surface area (Å²) in [7, 11) is 0. The first-order chi connectivity index (χ1) is 14.1. The molecule has 3 aromatic heterocycles. The summed E-state index contributed by atoms with van der Waals surface area (Å²) in [5.41, 5.74) is 1.42. The highest BCUT2D eigenvalue weighted by Gasteiger charge is 2.37. The summed E-state index contributed by atoms with van der Waals surface area (Å²) in [4.78, 5) is 3.95. The number of hydrogen-bond acceptors (Lipinski definition) is 4. The van der Waals surface area contributed by atoms with Gasteiger partial charge in [0.1, 0.15) is 5.75 Å². The summed E-state index contributed by atoms with van der Waals surface area (Å²) in [5, 5.41) is 6.66. The molecule has 0 aliphatic heterocycles. The second kappa shape index (κ2) is 7.01. The first kappa shape index (κ1) is 19.7. The SMILES string of the molecule is FC(F)(F)Oc1ccc(-c2ccc3nnc(C(F)(F)F)n3c2)c(-c2cccnc2)c1. The number of ether oxygens (including phenoxy) is 1. The minimum atomic E-state index is -4.89. The molecule has 154 valence electrons. The van der Waals surface area contributed by atoms with Crippen molar-refractivity contribution >= 4 is 5.65 Å². The smallest absolute Gasteiger partial charge is 0.406 e. The number of fused-ring (bicyclic) bond motifs is 1. The van der Waals surface area contributed by atoms with Crippen LogP contribution in [0.15, 0.2) is 61.1 Å². The van der Waals surface area contributed by atoms with E-state index in [4.69, 9.17) is 0 Å². The minimum Gasteiger partial charge on any atom is -0.406 e. The van der Waals surface area contributed by atoms with Gasteiger partial charge in [0.05, 0.1) is 0 Å². The molecule has 0 saturated heterocycles. The van der Waals surface area contributed by atoms with Crippen LogP contribution < -0.4 is 4.74 Å². The third-order valence-electron chi connectivity index (χ3n) is 4.16. The van der Waals surface area contributed by atoms with E-state index < -0.39 is 24.1 Å². The number of pyridine rings is 2. The van der Waals surface area contributed by atoms with Crippen molar-refractivity contribution in [2.24, 2.45) is 0 Å². The van der Waals surface area contributed by atoms with Gasteiger partial charge in [0, 0.05) is 24.2 Å². The molecule has 0 unspecified atom stereocenters. The Kier molecular flexibility index (Phi) is 4.60. The zero-order chi connectivity index (χ0) is 21.5. The maximum Gasteiger partial charge on any atom is 0.573 e. The Morgan fingerprint density at radius 3 is 2.30 bits per heavy atom. The lowest BCUT2D eigenvalue weighted by molar-refractivity contribution is -0.274. The largest absolute Gasteiger partial charge is 0.573 e. The molecule has 0 N–H and O–H groups in total.